The molecule has 2 N–H and O–H groups in total. The molecule has 2 amide bonds. The molecule has 0 spiro atoms. The molecule has 2 rings (SSSR count). The Morgan fingerprint density at radius 1 is 1.27 bits per heavy atom. The topological polar surface area (TPSA) is 105 Å². The Kier molecular flexibility index (Phi) is 8.23. The molecule has 0 radical (unpaired) electrons. The minimum absolute atomic E-state index is 0.254. The Morgan fingerprint density at radius 3 is 2.53 bits per heavy atom. The Bertz CT molecular complexity index is 731. The number of nitrogens with zero attached hydrogens (tertiary/aromatic N) is 1. The molecule has 0 bridgehead atoms. The number of benzene rings is 1. The van der Waals surface area contributed by atoms with Gasteiger partial charge >= 0.3 is 12.1 Å². The molecule has 1 aliphatic rings. The van der Waals surface area contributed by atoms with Crippen LogP contribution in [0.15, 0.2) is 30.3 Å². The second-order valence-corrected chi connectivity index (χ2v) is 8.62. The van der Waals surface area contributed by atoms with Crippen molar-refractivity contribution in [2.45, 2.75) is 57.7 Å². The number of carbonyl (C=O) groups is 3. The number of carboxylic acids is 1. The molecule has 8 nitrogen and oxygen atoms in total. The van der Waals surface area contributed by atoms with Crippen molar-refractivity contribution in [1.82, 2.24) is 10.2 Å². The van der Waals surface area contributed by atoms with Crippen LogP contribution in [0.2, 0.25) is 0 Å². The molecule has 1 fully saturated rings. The van der Waals surface area contributed by atoms with Crippen LogP contribution < -0.4 is 5.32 Å². The van der Waals surface area contributed by atoms with Gasteiger partial charge in [0.1, 0.15) is 5.60 Å². The molecule has 3 atom stereocenters. The van der Waals surface area contributed by atoms with Crippen molar-refractivity contribution in [3.05, 3.63) is 35.9 Å². The lowest BCUT2D eigenvalue weighted by molar-refractivity contribution is -0.146. The maximum atomic E-state index is 13.2. The summed E-state index contributed by atoms with van der Waals surface area (Å²) < 4.78 is 10.8. The standard InChI is InChI=1S/C22H32N2O6/c1-22(2,3)30-21(28)23-17-14-29-11-10-18(17)24(4)20(27)16(13-19(25)26)12-15-8-6-5-7-9-15/h5-9,16-18H,10-14H2,1-4H3,(H,23,28)(H,25,26). The highest BCUT2D eigenvalue weighted by Crippen LogP contribution is 2.21. The second-order valence-electron chi connectivity index (χ2n) is 8.62. The zero-order valence-corrected chi connectivity index (χ0v) is 18.1. The molecular formula is C22H32N2O6. The van der Waals surface area contributed by atoms with Crippen molar-refractivity contribution < 1.29 is 29.0 Å². The number of carbonyl (C=O) groups excluding carboxylic acids is 2. The fourth-order valence-corrected chi connectivity index (χ4v) is 3.59. The third kappa shape index (κ3) is 7.33. The summed E-state index contributed by atoms with van der Waals surface area (Å²) in [6, 6.07) is 8.60. The van der Waals surface area contributed by atoms with E-state index >= 15 is 0 Å². The third-order valence-electron chi connectivity index (χ3n) is 4.96. The molecule has 1 aromatic rings. The van der Waals surface area contributed by atoms with Crippen LogP contribution in [0.25, 0.3) is 0 Å². The molecule has 0 saturated carbocycles. The average molecular weight is 421 g/mol. The van der Waals surface area contributed by atoms with Crippen molar-refractivity contribution in [3.63, 3.8) is 0 Å². The fourth-order valence-electron chi connectivity index (χ4n) is 3.59. The number of carboxylic acid groups (broad SMARTS) is 1. The smallest absolute Gasteiger partial charge is 0.408 e. The third-order valence-corrected chi connectivity index (χ3v) is 4.96. The van der Waals surface area contributed by atoms with E-state index in [9.17, 15) is 19.5 Å². The lowest BCUT2D eigenvalue weighted by atomic mass is 9.93. The molecule has 0 aliphatic carbocycles. The number of rotatable bonds is 7. The first-order valence-corrected chi connectivity index (χ1v) is 10.2. The Morgan fingerprint density at radius 2 is 1.93 bits per heavy atom. The van der Waals surface area contributed by atoms with Gasteiger partial charge in [-0.15, -0.1) is 0 Å². The highest BCUT2D eigenvalue weighted by molar-refractivity contribution is 5.83. The van der Waals surface area contributed by atoms with Gasteiger partial charge in [-0.05, 0) is 39.2 Å². The number of amides is 2. The van der Waals surface area contributed by atoms with E-state index in [1.54, 1.807) is 32.7 Å². The highest BCUT2D eigenvalue weighted by Gasteiger charge is 2.36. The maximum Gasteiger partial charge on any atom is 0.408 e. The summed E-state index contributed by atoms with van der Waals surface area (Å²) in [5, 5.41) is 12.1. The van der Waals surface area contributed by atoms with Crippen LogP contribution in [0.4, 0.5) is 4.79 Å². The molecule has 1 saturated heterocycles. The van der Waals surface area contributed by atoms with Gasteiger partial charge in [0.2, 0.25) is 5.91 Å². The summed E-state index contributed by atoms with van der Waals surface area (Å²) in [4.78, 5) is 38.4. The minimum atomic E-state index is -1.02. The van der Waals surface area contributed by atoms with Gasteiger partial charge in [0.05, 0.1) is 31.0 Å². The van der Waals surface area contributed by atoms with Crippen LogP contribution in [0.3, 0.4) is 0 Å². The highest BCUT2D eigenvalue weighted by atomic mass is 16.6. The van der Waals surface area contributed by atoms with Crippen molar-refractivity contribution >= 4 is 18.0 Å². The summed E-state index contributed by atoms with van der Waals surface area (Å²) in [5.74, 6) is -1.97. The largest absolute Gasteiger partial charge is 0.481 e. The van der Waals surface area contributed by atoms with E-state index in [-0.39, 0.29) is 25.0 Å². The lowest BCUT2D eigenvalue weighted by Crippen LogP contribution is -2.58. The monoisotopic (exact) mass is 420 g/mol. The van der Waals surface area contributed by atoms with Crippen LogP contribution in [0.1, 0.15) is 39.2 Å². The first kappa shape index (κ1) is 23.7. The van der Waals surface area contributed by atoms with E-state index in [0.717, 1.165) is 5.56 Å². The fraction of sp³-hybridized carbons (Fsp3) is 0.591. The van der Waals surface area contributed by atoms with Crippen molar-refractivity contribution in [3.8, 4) is 0 Å². The van der Waals surface area contributed by atoms with Crippen LogP contribution in [0.5, 0.6) is 0 Å². The molecule has 0 aromatic heterocycles. The SMILES string of the molecule is CN(C(=O)C(CC(=O)O)Cc1ccccc1)C1CCOCC1NC(=O)OC(C)(C)C. The van der Waals surface area contributed by atoms with E-state index in [0.29, 0.717) is 19.4 Å². The number of alkyl carbamates (subject to hydrolysis) is 1. The van der Waals surface area contributed by atoms with E-state index in [1.807, 2.05) is 30.3 Å². The quantitative estimate of drug-likeness (QED) is 0.702. The second kappa shape index (κ2) is 10.4. The normalized spacial score (nSPS) is 20.1. The Hall–Kier alpha value is -2.61. The van der Waals surface area contributed by atoms with Gasteiger partial charge in [0.25, 0.3) is 0 Å². The first-order chi connectivity index (χ1) is 14.1. The van der Waals surface area contributed by atoms with E-state index in [1.165, 1.54) is 0 Å². The molecular weight excluding hydrogens is 388 g/mol. The van der Waals surface area contributed by atoms with E-state index < -0.39 is 29.6 Å². The lowest BCUT2D eigenvalue weighted by Gasteiger charge is -2.39. The Labute approximate surface area is 177 Å². The molecule has 1 aliphatic heterocycles. The summed E-state index contributed by atoms with van der Waals surface area (Å²) >= 11 is 0. The number of ether oxygens (including phenoxy) is 2. The van der Waals surface area contributed by atoms with Gasteiger partial charge in [0, 0.05) is 13.7 Å². The molecule has 30 heavy (non-hydrogen) atoms. The van der Waals surface area contributed by atoms with Gasteiger partial charge in [0.15, 0.2) is 0 Å². The van der Waals surface area contributed by atoms with Crippen LogP contribution in [-0.4, -0.2) is 65.9 Å². The van der Waals surface area contributed by atoms with E-state index in [2.05, 4.69) is 5.32 Å². The van der Waals surface area contributed by atoms with Crippen molar-refractivity contribution in [2.24, 2.45) is 5.92 Å². The van der Waals surface area contributed by atoms with Gasteiger partial charge < -0.3 is 24.8 Å². The predicted molar refractivity (Wildman–Crippen MR) is 111 cm³/mol. The van der Waals surface area contributed by atoms with Crippen LogP contribution in [0, 0.1) is 5.92 Å². The van der Waals surface area contributed by atoms with Crippen LogP contribution in [-0.2, 0) is 25.5 Å². The van der Waals surface area contributed by atoms with Crippen LogP contribution >= 0.6 is 0 Å². The molecule has 8 heteroatoms. The Balaban J connectivity index is 2.12. The number of hydrogen-bond acceptors (Lipinski definition) is 5. The van der Waals surface area contributed by atoms with Gasteiger partial charge in [-0.1, -0.05) is 30.3 Å². The van der Waals surface area contributed by atoms with E-state index in [4.69, 9.17) is 9.47 Å². The molecule has 1 heterocycles. The summed E-state index contributed by atoms with van der Waals surface area (Å²) in [7, 11) is 1.65. The zero-order chi connectivity index (χ0) is 22.3. The number of likely N-dealkylation sites (N-methyl/N-ethyl adjacent to an activating group) is 1. The van der Waals surface area contributed by atoms with Gasteiger partial charge in [-0.2, -0.15) is 0 Å². The zero-order valence-electron chi connectivity index (χ0n) is 18.1. The molecule has 1 aromatic carbocycles. The summed E-state index contributed by atoms with van der Waals surface area (Å²) in [6.07, 6.45) is 0.0402. The van der Waals surface area contributed by atoms with Gasteiger partial charge in [-0.25, -0.2) is 4.79 Å². The van der Waals surface area contributed by atoms with Gasteiger partial charge in [-0.3, -0.25) is 9.59 Å². The summed E-state index contributed by atoms with van der Waals surface area (Å²) in [5.41, 5.74) is 0.264. The summed E-state index contributed by atoms with van der Waals surface area (Å²) in [6.45, 7) is 6.03. The maximum absolute atomic E-state index is 13.2. The predicted octanol–water partition coefficient (Wildman–Crippen LogP) is 2.46. The number of hydrogen-bond donors (Lipinski definition) is 2. The van der Waals surface area contributed by atoms with Crippen molar-refractivity contribution in [1.29, 1.82) is 0 Å². The molecule has 166 valence electrons. The molecule has 3 unspecified atom stereocenters. The number of nitrogens with one attached hydrogen (secondary N) is 1. The first-order valence-electron chi connectivity index (χ1n) is 10.2. The minimum Gasteiger partial charge on any atom is -0.481 e. The average Bonchev–Trinajstić information content (AvgIpc) is 2.65. The van der Waals surface area contributed by atoms with Crippen molar-refractivity contribution in [2.75, 3.05) is 20.3 Å². The number of aliphatic carboxylic acids is 1.